The molecule has 0 aliphatic carbocycles. The molecule has 8 heteroatoms. The third kappa shape index (κ3) is 6.24. The van der Waals surface area contributed by atoms with Crippen molar-refractivity contribution >= 4 is 27.3 Å². The number of carbonyl (C=O) groups excluding carboxylic acids is 1. The van der Waals surface area contributed by atoms with Crippen LogP contribution in [0.1, 0.15) is 25.8 Å². The minimum Gasteiger partial charge on any atom is -0.492 e. The molecule has 0 atom stereocenters. The highest BCUT2D eigenvalue weighted by atomic mass is 32.2. The first-order valence-corrected chi connectivity index (χ1v) is 11.8. The standard InChI is InChI=1S/C24H26N2O5S/c1-3-24(27)25-22-16-21(14-15-23(22)30-4-2)32(28,29)26-19-10-12-20(13-11-19)31-17-18-8-6-5-7-9-18/h5-16,26H,3-4,17H2,1-2H3,(H,25,27). The van der Waals surface area contributed by atoms with Gasteiger partial charge in [0.05, 0.1) is 17.2 Å². The molecular weight excluding hydrogens is 428 g/mol. The van der Waals surface area contributed by atoms with Crippen molar-refractivity contribution in [2.45, 2.75) is 31.8 Å². The highest BCUT2D eigenvalue weighted by Crippen LogP contribution is 2.29. The van der Waals surface area contributed by atoms with E-state index in [1.54, 1.807) is 31.2 Å². The lowest BCUT2D eigenvalue weighted by Gasteiger charge is -2.14. The Bertz CT molecular complexity index is 1150. The summed E-state index contributed by atoms with van der Waals surface area (Å²) in [5.41, 5.74) is 1.75. The number of nitrogens with one attached hydrogen (secondary N) is 2. The number of rotatable bonds is 10. The lowest BCUT2D eigenvalue weighted by atomic mass is 10.2. The molecule has 0 saturated carbocycles. The number of hydrogen-bond donors (Lipinski definition) is 2. The highest BCUT2D eigenvalue weighted by Gasteiger charge is 2.18. The molecule has 1 amide bonds. The Morgan fingerprint density at radius 2 is 1.62 bits per heavy atom. The minimum atomic E-state index is -3.88. The van der Waals surface area contributed by atoms with Crippen molar-refractivity contribution in [1.29, 1.82) is 0 Å². The van der Waals surface area contributed by atoms with E-state index in [1.807, 2.05) is 37.3 Å². The summed E-state index contributed by atoms with van der Waals surface area (Å²) in [5.74, 6) is 0.801. The van der Waals surface area contributed by atoms with E-state index in [-0.39, 0.29) is 17.2 Å². The third-order valence-electron chi connectivity index (χ3n) is 4.51. The molecule has 3 aromatic carbocycles. The van der Waals surface area contributed by atoms with Crippen molar-refractivity contribution < 1.29 is 22.7 Å². The number of benzene rings is 3. The Hall–Kier alpha value is -3.52. The van der Waals surface area contributed by atoms with E-state index in [1.165, 1.54) is 18.2 Å². The fourth-order valence-electron chi connectivity index (χ4n) is 2.87. The van der Waals surface area contributed by atoms with Crippen LogP contribution in [0, 0.1) is 0 Å². The summed E-state index contributed by atoms with van der Waals surface area (Å²) in [7, 11) is -3.88. The van der Waals surface area contributed by atoms with Gasteiger partial charge in [-0.25, -0.2) is 8.42 Å². The second-order valence-electron chi connectivity index (χ2n) is 6.90. The Morgan fingerprint density at radius 3 is 2.28 bits per heavy atom. The molecule has 32 heavy (non-hydrogen) atoms. The van der Waals surface area contributed by atoms with Crippen molar-refractivity contribution in [2.24, 2.45) is 0 Å². The molecule has 7 nitrogen and oxygen atoms in total. The molecule has 0 aliphatic rings. The molecule has 2 N–H and O–H groups in total. The van der Waals surface area contributed by atoms with E-state index in [4.69, 9.17) is 9.47 Å². The molecule has 0 unspecified atom stereocenters. The Morgan fingerprint density at radius 1 is 0.906 bits per heavy atom. The van der Waals surface area contributed by atoms with Gasteiger partial charge in [0.25, 0.3) is 10.0 Å². The van der Waals surface area contributed by atoms with Crippen LogP contribution in [0.25, 0.3) is 0 Å². The second-order valence-corrected chi connectivity index (χ2v) is 8.58. The number of anilines is 2. The van der Waals surface area contributed by atoms with Crippen LogP contribution in [0.15, 0.2) is 77.7 Å². The van der Waals surface area contributed by atoms with E-state index >= 15 is 0 Å². The van der Waals surface area contributed by atoms with Crippen LogP contribution in [0.3, 0.4) is 0 Å². The van der Waals surface area contributed by atoms with Gasteiger partial charge in [-0.1, -0.05) is 37.3 Å². The molecule has 168 valence electrons. The number of hydrogen-bond acceptors (Lipinski definition) is 5. The Balaban J connectivity index is 1.72. The first kappa shape index (κ1) is 23.1. The fourth-order valence-corrected chi connectivity index (χ4v) is 3.95. The maximum atomic E-state index is 12.9. The van der Waals surface area contributed by atoms with E-state index in [0.29, 0.717) is 36.1 Å². The summed E-state index contributed by atoms with van der Waals surface area (Å²) in [4.78, 5) is 11.8. The van der Waals surface area contributed by atoms with Gasteiger partial charge in [-0.2, -0.15) is 0 Å². The van der Waals surface area contributed by atoms with Crippen LogP contribution in [-0.2, 0) is 21.4 Å². The van der Waals surface area contributed by atoms with Crippen LogP contribution in [0.4, 0.5) is 11.4 Å². The maximum absolute atomic E-state index is 12.9. The molecule has 3 aromatic rings. The zero-order chi connectivity index (χ0) is 23.0. The van der Waals surface area contributed by atoms with E-state index in [2.05, 4.69) is 10.0 Å². The SMILES string of the molecule is CCOc1ccc(S(=O)(=O)Nc2ccc(OCc3ccccc3)cc2)cc1NC(=O)CC. The number of carbonyl (C=O) groups is 1. The largest absolute Gasteiger partial charge is 0.492 e. The van der Waals surface area contributed by atoms with Crippen LogP contribution < -0.4 is 19.5 Å². The van der Waals surface area contributed by atoms with Gasteiger partial charge in [-0.05, 0) is 55.0 Å². The number of amides is 1. The van der Waals surface area contributed by atoms with Crippen LogP contribution in [0.5, 0.6) is 11.5 Å². The number of sulfonamides is 1. The van der Waals surface area contributed by atoms with Gasteiger partial charge in [0.1, 0.15) is 18.1 Å². The fraction of sp³-hybridized carbons (Fsp3) is 0.208. The molecule has 3 rings (SSSR count). The van der Waals surface area contributed by atoms with Crippen molar-refractivity contribution in [3.8, 4) is 11.5 Å². The van der Waals surface area contributed by atoms with Crippen LogP contribution in [0.2, 0.25) is 0 Å². The lowest BCUT2D eigenvalue weighted by molar-refractivity contribution is -0.115. The monoisotopic (exact) mass is 454 g/mol. The smallest absolute Gasteiger partial charge is 0.261 e. The summed E-state index contributed by atoms with van der Waals surface area (Å²) in [5, 5.41) is 2.68. The summed E-state index contributed by atoms with van der Waals surface area (Å²) < 4.78 is 39.5. The number of ether oxygens (including phenoxy) is 2. The van der Waals surface area contributed by atoms with Gasteiger partial charge < -0.3 is 14.8 Å². The van der Waals surface area contributed by atoms with Gasteiger partial charge in [0.2, 0.25) is 5.91 Å². The van der Waals surface area contributed by atoms with E-state index in [0.717, 1.165) is 5.56 Å². The molecule has 0 radical (unpaired) electrons. The average molecular weight is 455 g/mol. The zero-order valence-corrected chi connectivity index (χ0v) is 18.8. The molecule has 0 saturated heterocycles. The normalized spacial score (nSPS) is 10.9. The topological polar surface area (TPSA) is 93.7 Å². The summed E-state index contributed by atoms with van der Waals surface area (Å²) in [6.07, 6.45) is 0.263. The predicted molar refractivity (Wildman–Crippen MR) is 125 cm³/mol. The van der Waals surface area contributed by atoms with Gasteiger partial charge in [0, 0.05) is 12.1 Å². The van der Waals surface area contributed by atoms with E-state index in [9.17, 15) is 13.2 Å². The van der Waals surface area contributed by atoms with Crippen LogP contribution >= 0.6 is 0 Å². The molecule has 0 heterocycles. The Labute approximate surface area is 188 Å². The molecule has 0 aromatic heterocycles. The molecule has 0 bridgehead atoms. The predicted octanol–water partition coefficient (Wildman–Crippen LogP) is 4.81. The van der Waals surface area contributed by atoms with Crippen molar-refractivity contribution in [3.63, 3.8) is 0 Å². The third-order valence-corrected chi connectivity index (χ3v) is 5.89. The van der Waals surface area contributed by atoms with Gasteiger partial charge in [-0.15, -0.1) is 0 Å². The van der Waals surface area contributed by atoms with Gasteiger partial charge in [0.15, 0.2) is 0 Å². The minimum absolute atomic E-state index is 0.0109. The molecule has 0 spiro atoms. The molecular formula is C24H26N2O5S. The molecule has 0 fully saturated rings. The summed E-state index contributed by atoms with van der Waals surface area (Å²) in [6.45, 7) is 4.33. The van der Waals surface area contributed by atoms with Crippen molar-refractivity contribution in [1.82, 2.24) is 0 Å². The maximum Gasteiger partial charge on any atom is 0.261 e. The highest BCUT2D eigenvalue weighted by molar-refractivity contribution is 7.92. The first-order valence-electron chi connectivity index (χ1n) is 10.3. The van der Waals surface area contributed by atoms with Crippen molar-refractivity contribution in [3.05, 3.63) is 78.4 Å². The average Bonchev–Trinajstić information content (AvgIpc) is 2.80. The van der Waals surface area contributed by atoms with Crippen molar-refractivity contribution in [2.75, 3.05) is 16.6 Å². The summed E-state index contributed by atoms with van der Waals surface area (Å²) in [6, 6.07) is 20.8. The summed E-state index contributed by atoms with van der Waals surface area (Å²) >= 11 is 0. The second kappa shape index (κ2) is 10.7. The lowest BCUT2D eigenvalue weighted by Crippen LogP contribution is -2.15. The van der Waals surface area contributed by atoms with Crippen LogP contribution in [-0.4, -0.2) is 20.9 Å². The Kier molecular flexibility index (Phi) is 7.72. The molecule has 0 aliphatic heterocycles. The van der Waals surface area contributed by atoms with Gasteiger partial charge in [-0.3, -0.25) is 9.52 Å². The zero-order valence-electron chi connectivity index (χ0n) is 18.0. The van der Waals surface area contributed by atoms with Gasteiger partial charge >= 0.3 is 0 Å². The van der Waals surface area contributed by atoms with E-state index < -0.39 is 10.0 Å². The first-order chi connectivity index (χ1) is 15.4. The quantitative estimate of drug-likeness (QED) is 0.458.